The molecule has 40 heavy (non-hydrogen) atoms. The lowest BCUT2D eigenvalue weighted by atomic mass is 9.94. The molecule has 10 heteroatoms. The number of benzene rings is 1. The van der Waals surface area contributed by atoms with E-state index in [2.05, 4.69) is 41.8 Å². The second kappa shape index (κ2) is 10.3. The molecule has 0 aliphatic carbocycles. The summed E-state index contributed by atoms with van der Waals surface area (Å²) in [6.07, 6.45) is 7.78. The van der Waals surface area contributed by atoms with Crippen LogP contribution in [-0.2, 0) is 4.79 Å². The smallest absolute Gasteiger partial charge is 0.224 e. The van der Waals surface area contributed by atoms with Gasteiger partial charge in [0.05, 0.1) is 23.1 Å². The molecular weight excluding hydrogens is 525 g/mol. The first-order valence-corrected chi connectivity index (χ1v) is 14.1. The SMILES string of the molecule is O=C(CC1CCNCC1)Nc1cncc(-c2ccc3[nH]nc(-c4cc5c(-c6ccc(F)s6)ccnc5[nH]4)c3c2)c1. The number of carbonyl (C=O) groups excluding carboxylic acids is 1. The van der Waals surface area contributed by atoms with Crippen LogP contribution in [0.25, 0.3) is 54.9 Å². The molecule has 6 heterocycles. The number of rotatable bonds is 6. The largest absolute Gasteiger partial charge is 0.338 e. The number of nitrogens with one attached hydrogen (secondary N) is 4. The van der Waals surface area contributed by atoms with Crippen LogP contribution in [0.2, 0.25) is 0 Å². The van der Waals surface area contributed by atoms with Crippen molar-refractivity contribution in [2.75, 3.05) is 18.4 Å². The molecule has 0 unspecified atom stereocenters. The topological polar surface area (TPSA) is 111 Å². The van der Waals surface area contributed by atoms with Gasteiger partial charge in [-0.1, -0.05) is 6.07 Å². The summed E-state index contributed by atoms with van der Waals surface area (Å²) in [6.45, 7) is 1.94. The molecule has 0 spiro atoms. The molecule has 8 nitrogen and oxygen atoms in total. The highest BCUT2D eigenvalue weighted by Crippen LogP contribution is 2.36. The molecule has 0 saturated carbocycles. The number of halogens is 1. The van der Waals surface area contributed by atoms with Crippen LogP contribution >= 0.6 is 11.3 Å². The van der Waals surface area contributed by atoms with Gasteiger partial charge < -0.3 is 15.6 Å². The first-order chi connectivity index (χ1) is 19.6. The van der Waals surface area contributed by atoms with Crippen LogP contribution in [0.15, 0.2) is 67.1 Å². The number of carbonyl (C=O) groups is 1. The average Bonchev–Trinajstić information content (AvgIpc) is 3.71. The number of thiophene rings is 1. The number of aromatic nitrogens is 5. The molecule has 200 valence electrons. The molecule has 0 bridgehead atoms. The molecule has 1 aromatic carbocycles. The lowest BCUT2D eigenvalue weighted by Crippen LogP contribution is -2.30. The molecule has 6 aromatic rings. The molecule has 1 aliphatic rings. The van der Waals surface area contributed by atoms with Gasteiger partial charge in [0.1, 0.15) is 11.3 Å². The fraction of sp³-hybridized carbons (Fsp3) is 0.200. The van der Waals surface area contributed by atoms with E-state index in [1.54, 1.807) is 24.7 Å². The summed E-state index contributed by atoms with van der Waals surface area (Å²) in [4.78, 5) is 25.8. The van der Waals surface area contributed by atoms with E-state index in [-0.39, 0.29) is 11.0 Å². The number of fused-ring (bicyclic) bond motifs is 2. The number of hydrogen-bond donors (Lipinski definition) is 4. The molecule has 0 atom stereocenters. The van der Waals surface area contributed by atoms with Crippen LogP contribution in [0.1, 0.15) is 19.3 Å². The normalized spacial score (nSPS) is 14.2. The van der Waals surface area contributed by atoms with Crippen LogP contribution in [-0.4, -0.2) is 44.1 Å². The molecule has 4 N–H and O–H groups in total. The van der Waals surface area contributed by atoms with Crippen LogP contribution in [0.4, 0.5) is 10.1 Å². The van der Waals surface area contributed by atoms with Crippen molar-refractivity contribution in [3.8, 4) is 33.0 Å². The summed E-state index contributed by atoms with van der Waals surface area (Å²) >= 11 is 1.11. The number of aromatic amines is 2. The minimum Gasteiger partial charge on any atom is -0.338 e. The number of pyridine rings is 2. The van der Waals surface area contributed by atoms with Gasteiger partial charge in [-0.05, 0) is 79.9 Å². The van der Waals surface area contributed by atoms with E-state index < -0.39 is 0 Å². The molecular formula is C30H26FN7OS. The summed E-state index contributed by atoms with van der Waals surface area (Å²) in [5, 5.41) is 15.7. The summed E-state index contributed by atoms with van der Waals surface area (Å²) in [5.74, 6) is 0.442. The number of amides is 1. The lowest BCUT2D eigenvalue weighted by Gasteiger charge is -2.21. The van der Waals surface area contributed by atoms with Gasteiger partial charge in [-0.2, -0.15) is 9.49 Å². The Morgan fingerprint density at radius 3 is 2.77 bits per heavy atom. The number of piperidine rings is 1. The second-order valence-electron chi connectivity index (χ2n) is 10.1. The van der Waals surface area contributed by atoms with Crippen molar-refractivity contribution < 1.29 is 9.18 Å². The van der Waals surface area contributed by atoms with Crippen LogP contribution in [0.5, 0.6) is 0 Å². The van der Waals surface area contributed by atoms with Gasteiger partial charge in [0.25, 0.3) is 0 Å². The van der Waals surface area contributed by atoms with Crippen molar-refractivity contribution in [3.05, 3.63) is 72.3 Å². The quantitative estimate of drug-likeness (QED) is 0.192. The Labute approximate surface area is 233 Å². The zero-order valence-corrected chi connectivity index (χ0v) is 22.3. The van der Waals surface area contributed by atoms with Gasteiger partial charge in [-0.15, -0.1) is 11.3 Å². The minimum absolute atomic E-state index is 0.0236. The summed E-state index contributed by atoms with van der Waals surface area (Å²) in [6, 6.07) is 15.2. The molecule has 1 saturated heterocycles. The Hall–Kier alpha value is -4.41. The minimum atomic E-state index is -0.221. The van der Waals surface area contributed by atoms with E-state index >= 15 is 0 Å². The third kappa shape index (κ3) is 4.76. The third-order valence-electron chi connectivity index (χ3n) is 7.48. The summed E-state index contributed by atoms with van der Waals surface area (Å²) in [5.41, 5.74) is 6.64. The fourth-order valence-electron chi connectivity index (χ4n) is 5.45. The third-order valence-corrected chi connectivity index (χ3v) is 8.38. The second-order valence-corrected chi connectivity index (χ2v) is 11.2. The van der Waals surface area contributed by atoms with E-state index in [1.165, 1.54) is 6.07 Å². The molecule has 5 aromatic heterocycles. The van der Waals surface area contributed by atoms with Crippen LogP contribution < -0.4 is 10.6 Å². The van der Waals surface area contributed by atoms with Gasteiger partial charge in [0, 0.05) is 45.6 Å². The Bertz CT molecular complexity index is 1850. The Morgan fingerprint density at radius 1 is 1.02 bits per heavy atom. The highest BCUT2D eigenvalue weighted by Gasteiger charge is 2.18. The first-order valence-electron chi connectivity index (χ1n) is 13.3. The van der Waals surface area contributed by atoms with E-state index in [4.69, 9.17) is 0 Å². The number of hydrogen-bond acceptors (Lipinski definition) is 6. The van der Waals surface area contributed by atoms with Crippen molar-refractivity contribution in [2.24, 2.45) is 5.92 Å². The van der Waals surface area contributed by atoms with Crippen molar-refractivity contribution in [1.82, 2.24) is 30.5 Å². The fourth-order valence-corrected chi connectivity index (χ4v) is 6.22. The Morgan fingerprint density at radius 2 is 1.93 bits per heavy atom. The zero-order chi connectivity index (χ0) is 27.1. The van der Waals surface area contributed by atoms with Crippen LogP contribution in [0.3, 0.4) is 0 Å². The predicted octanol–water partition coefficient (Wildman–Crippen LogP) is 6.36. The van der Waals surface area contributed by atoms with E-state index in [9.17, 15) is 9.18 Å². The summed E-state index contributed by atoms with van der Waals surface area (Å²) in [7, 11) is 0. The molecule has 7 rings (SSSR count). The van der Waals surface area contributed by atoms with E-state index in [1.807, 2.05) is 30.3 Å². The monoisotopic (exact) mass is 551 g/mol. The van der Waals surface area contributed by atoms with Crippen molar-refractivity contribution in [3.63, 3.8) is 0 Å². The molecule has 0 radical (unpaired) electrons. The number of H-pyrrole nitrogens is 2. The first kappa shape index (κ1) is 24.6. The maximum absolute atomic E-state index is 13.7. The van der Waals surface area contributed by atoms with E-state index in [0.29, 0.717) is 23.7 Å². The molecule has 1 aliphatic heterocycles. The highest BCUT2D eigenvalue weighted by atomic mass is 32.1. The average molecular weight is 552 g/mol. The molecule has 1 fully saturated rings. The summed E-state index contributed by atoms with van der Waals surface area (Å²) < 4.78 is 13.7. The van der Waals surface area contributed by atoms with Gasteiger partial charge in [0.15, 0.2) is 5.13 Å². The predicted molar refractivity (Wildman–Crippen MR) is 157 cm³/mol. The Kier molecular flexibility index (Phi) is 6.33. The van der Waals surface area contributed by atoms with Gasteiger partial charge >= 0.3 is 0 Å². The van der Waals surface area contributed by atoms with Gasteiger partial charge in [-0.25, -0.2) is 4.98 Å². The highest BCUT2D eigenvalue weighted by molar-refractivity contribution is 7.14. The van der Waals surface area contributed by atoms with Crippen molar-refractivity contribution >= 4 is 44.9 Å². The maximum Gasteiger partial charge on any atom is 0.224 e. The van der Waals surface area contributed by atoms with E-state index in [0.717, 1.165) is 86.5 Å². The standard InChI is InChI=1S/C30H26FN7OS/c31-27-4-3-26(40-27)21-7-10-34-30-22(21)14-25(36-30)29-23-13-18(1-2-24(23)37-38-29)19-12-20(16-33-15-19)35-28(39)11-17-5-8-32-9-6-17/h1-4,7,10,12-17,32H,5-6,8-9,11H2,(H,34,36)(H,35,39)(H,37,38). The number of nitrogens with zero attached hydrogens (tertiary/aromatic N) is 3. The van der Waals surface area contributed by atoms with Crippen molar-refractivity contribution in [1.29, 1.82) is 0 Å². The maximum atomic E-state index is 13.7. The van der Waals surface area contributed by atoms with Gasteiger partial charge in [0.2, 0.25) is 5.91 Å². The van der Waals surface area contributed by atoms with Crippen molar-refractivity contribution in [2.45, 2.75) is 19.3 Å². The lowest BCUT2D eigenvalue weighted by molar-refractivity contribution is -0.117. The van der Waals surface area contributed by atoms with Gasteiger partial charge in [-0.3, -0.25) is 14.9 Å². The Balaban J connectivity index is 1.19. The number of anilines is 1. The molecule has 1 amide bonds. The van der Waals surface area contributed by atoms with Crippen LogP contribution in [0, 0.1) is 11.0 Å². The zero-order valence-electron chi connectivity index (χ0n) is 21.5.